The maximum absolute atomic E-state index is 5.90. The predicted molar refractivity (Wildman–Crippen MR) is 61.9 cm³/mol. The van der Waals surface area contributed by atoms with Gasteiger partial charge in [0.25, 0.3) is 0 Å². The smallest absolute Gasteiger partial charge is 0.184 e. The zero-order chi connectivity index (χ0) is 9.97. The van der Waals surface area contributed by atoms with E-state index in [2.05, 4.69) is 24.0 Å². The molecular weight excluding hydrogens is 214 g/mol. The second kappa shape index (κ2) is 4.11. The average molecular weight is 224 g/mol. The van der Waals surface area contributed by atoms with E-state index < -0.39 is 0 Å². The number of nitrogens with zero attached hydrogens (tertiary/aromatic N) is 1. The third-order valence-electron chi connectivity index (χ3n) is 2.04. The summed E-state index contributed by atoms with van der Waals surface area (Å²) in [6.45, 7) is 2.12. The van der Waals surface area contributed by atoms with Crippen molar-refractivity contribution in [3.05, 3.63) is 39.7 Å². The van der Waals surface area contributed by atoms with Crippen LogP contribution < -0.4 is 0 Å². The average Bonchev–Trinajstić information content (AvgIpc) is 2.61. The molecule has 0 bridgehead atoms. The number of halogens is 1. The van der Waals surface area contributed by atoms with E-state index in [1.165, 1.54) is 4.88 Å². The molecule has 0 amide bonds. The lowest BCUT2D eigenvalue weighted by Crippen LogP contribution is -1.82. The Kier molecular flexibility index (Phi) is 2.85. The maximum Gasteiger partial charge on any atom is 0.184 e. The SMILES string of the molecule is CCc1sc(Cl)nc1-c1ccccc1. The summed E-state index contributed by atoms with van der Waals surface area (Å²) in [6.07, 6.45) is 0.981. The molecule has 0 fully saturated rings. The molecule has 1 aromatic carbocycles. The highest BCUT2D eigenvalue weighted by Crippen LogP contribution is 2.30. The first-order valence-corrected chi connectivity index (χ1v) is 5.71. The van der Waals surface area contributed by atoms with Gasteiger partial charge in [-0.1, -0.05) is 48.9 Å². The fraction of sp³-hybridized carbons (Fsp3) is 0.182. The van der Waals surface area contributed by atoms with Gasteiger partial charge < -0.3 is 0 Å². The lowest BCUT2D eigenvalue weighted by atomic mass is 10.1. The molecule has 2 rings (SSSR count). The van der Waals surface area contributed by atoms with Gasteiger partial charge in [-0.05, 0) is 6.42 Å². The first-order chi connectivity index (χ1) is 6.81. The number of hydrogen-bond acceptors (Lipinski definition) is 2. The highest BCUT2D eigenvalue weighted by Gasteiger charge is 2.09. The molecule has 0 saturated heterocycles. The van der Waals surface area contributed by atoms with Crippen LogP contribution in [-0.2, 0) is 6.42 Å². The van der Waals surface area contributed by atoms with Gasteiger partial charge in [-0.25, -0.2) is 4.98 Å². The molecule has 0 aliphatic carbocycles. The molecule has 0 spiro atoms. The Morgan fingerprint density at radius 1 is 1.29 bits per heavy atom. The van der Waals surface area contributed by atoms with Crippen molar-refractivity contribution in [1.82, 2.24) is 4.98 Å². The summed E-state index contributed by atoms with van der Waals surface area (Å²) in [5.74, 6) is 0. The van der Waals surface area contributed by atoms with Crippen molar-refractivity contribution in [2.45, 2.75) is 13.3 Å². The Morgan fingerprint density at radius 2 is 2.00 bits per heavy atom. The molecule has 3 heteroatoms. The van der Waals surface area contributed by atoms with Crippen molar-refractivity contribution >= 4 is 22.9 Å². The summed E-state index contributed by atoms with van der Waals surface area (Å²) in [7, 11) is 0. The van der Waals surface area contributed by atoms with Crippen molar-refractivity contribution in [2.24, 2.45) is 0 Å². The minimum absolute atomic E-state index is 0.626. The molecule has 0 saturated carbocycles. The van der Waals surface area contributed by atoms with E-state index in [4.69, 9.17) is 11.6 Å². The van der Waals surface area contributed by atoms with Gasteiger partial charge in [0.2, 0.25) is 0 Å². The third-order valence-corrected chi connectivity index (χ3v) is 3.34. The van der Waals surface area contributed by atoms with E-state index in [0.717, 1.165) is 17.7 Å². The van der Waals surface area contributed by atoms with Crippen LogP contribution in [0.1, 0.15) is 11.8 Å². The van der Waals surface area contributed by atoms with Crippen molar-refractivity contribution in [2.75, 3.05) is 0 Å². The highest BCUT2D eigenvalue weighted by atomic mass is 35.5. The van der Waals surface area contributed by atoms with Gasteiger partial charge in [0.05, 0.1) is 5.69 Å². The Morgan fingerprint density at radius 3 is 2.64 bits per heavy atom. The van der Waals surface area contributed by atoms with Crippen molar-refractivity contribution in [3.63, 3.8) is 0 Å². The molecule has 1 nitrogen and oxygen atoms in total. The molecule has 0 radical (unpaired) electrons. The van der Waals surface area contributed by atoms with Crippen LogP contribution in [0.25, 0.3) is 11.3 Å². The van der Waals surface area contributed by atoms with E-state index >= 15 is 0 Å². The number of thiazole rings is 1. The summed E-state index contributed by atoms with van der Waals surface area (Å²) >= 11 is 7.47. The molecule has 1 heterocycles. The van der Waals surface area contributed by atoms with Crippen LogP contribution in [-0.4, -0.2) is 4.98 Å². The topological polar surface area (TPSA) is 12.9 Å². The molecule has 0 aliphatic rings. The lowest BCUT2D eigenvalue weighted by molar-refractivity contribution is 1.17. The van der Waals surface area contributed by atoms with E-state index in [0.29, 0.717) is 4.47 Å². The summed E-state index contributed by atoms with van der Waals surface area (Å²) in [5.41, 5.74) is 2.18. The Balaban J connectivity index is 2.51. The minimum Gasteiger partial charge on any atom is -0.225 e. The predicted octanol–water partition coefficient (Wildman–Crippen LogP) is 4.03. The number of aromatic nitrogens is 1. The normalized spacial score (nSPS) is 10.4. The summed E-state index contributed by atoms with van der Waals surface area (Å²) < 4.78 is 0.626. The summed E-state index contributed by atoms with van der Waals surface area (Å²) in [4.78, 5) is 5.59. The Labute approximate surface area is 92.4 Å². The first kappa shape index (κ1) is 9.69. The van der Waals surface area contributed by atoms with Gasteiger partial charge in [-0.3, -0.25) is 0 Å². The fourth-order valence-corrected chi connectivity index (χ4v) is 2.49. The summed E-state index contributed by atoms with van der Waals surface area (Å²) in [5, 5.41) is 0. The molecule has 0 aliphatic heterocycles. The number of rotatable bonds is 2. The molecule has 1 aromatic heterocycles. The summed E-state index contributed by atoms with van der Waals surface area (Å²) in [6, 6.07) is 10.2. The van der Waals surface area contributed by atoms with Gasteiger partial charge in [0, 0.05) is 10.4 Å². The number of benzene rings is 1. The van der Waals surface area contributed by atoms with Crippen LogP contribution in [0, 0.1) is 0 Å². The standard InChI is InChI=1S/C11H10ClNS/c1-2-9-10(13-11(12)14-9)8-6-4-3-5-7-8/h3-7H,2H2,1H3. The lowest BCUT2D eigenvalue weighted by Gasteiger charge is -1.98. The van der Waals surface area contributed by atoms with E-state index in [1.54, 1.807) is 11.3 Å². The highest BCUT2D eigenvalue weighted by molar-refractivity contribution is 7.16. The molecule has 72 valence electrons. The van der Waals surface area contributed by atoms with Crippen LogP contribution in [0.5, 0.6) is 0 Å². The fourth-order valence-electron chi connectivity index (χ4n) is 1.38. The van der Waals surface area contributed by atoms with Gasteiger partial charge >= 0.3 is 0 Å². The molecule has 0 N–H and O–H groups in total. The Bertz CT molecular complexity index is 422. The van der Waals surface area contributed by atoms with Crippen LogP contribution in [0.15, 0.2) is 30.3 Å². The molecular formula is C11H10ClNS. The first-order valence-electron chi connectivity index (χ1n) is 4.52. The quantitative estimate of drug-likeness (QED) is 0.749. The number of hydrogen-bond donors (Lipinski definition) is 0. The van der Waals surface area contributed by atoms with E-state index in [-0.39, 0.29) is 0 Å². The van der Waals surface area contributed by atoms with Crippen LogP contribution in [0.2, 0.25) is 4.47 Å². The van der Waals surface area contributed by atoms with Crippen molar-refractivity contribution in [1.29, 1.82) is 0 Å². The van der Waals surface area contributed by atoms with Gasteiger partial charge in [-0.2, -0.15) is 0 Å². The van der Waals surface area contributed by atoms with Gasteiger partial charge in [-0.15, -0.1) is 11.3 Å². The van der Waals surface area contributed by atoms with Crippen LogP contribution in [0.4, 0.5) is 0 Å². The van der Waals surface area contributed by atoms with E-state index in [9.17, 15) is 0 Å². The van der Waals surface area contributed by atoms with Gasteiger partial charge in [0.15, 0.2) is 4.47 Å². The largest absolute Gasteiger partial charge is 0.225 e. The second-order valence-corrected chi connectivity index (χ2v) is 4.62. The van der Waals surface area contributed by atoms with Gasteiger partial charge in [0.1, 0.15) is 0 Å². The zero-order valence-electron chi connectivity index (χ0n) is 7.83. The zero-order valence-corrected chi connectivity index (χ0v) is 9.40. The Hall–Kier alpha value is -0.860. The van der Waals surface area contributed by atoms with Crippen molar-refractivity contribution in [3.8, 4) is 11.3 Å². The van der Waals surface area contributed by atoms with Crippen LogP contribution in [0.3, 0.4) is 0 Å². The minimum atomic E-state index is 0.626. The molecule has 0 atom stereocenters. The van der Waals surface area contributed by atoms with Crippen LogP contribution >= 0.6 is 22.9 Å². The molecule has 14 heavy (non-hydrogen) atoms. The van der Waals surface area contributed by atoms with E-state index in [1.807, 2.05) is 18.2 Å². The second-order valence-electron chi connectivity index (χ2n) is 2.96. The van der Waals surface area contributed by atoms with Crippen molar-refractivity contribution < 1.29 is 0 Å². The molecule has 0 unspecified atom stereocenters. The maximum atomic E-state index is 5.90. The molecule has 2 aromatic rings. The monoisotopic (exact) mass is 223 g/mol. The number of aryl methyl sites for hydroxylation is 1. The third kappa shape index (κ3) is 1.81.